The number of nitrogens with one attached hydrogen (secondary N) is 2. The third kappa shape index (κ3) is 5.44. The average Bonchev–Trinajstić information content (AvgIpc) is 3.37. The fourth-order valence-electron chi connectivity index (χ4n) is 4.63. The molecule has 2 aliphatic rings. The van der Waals surface area contributed by atoms with E-state index in [9.17, 15) is 9.59 Å². The lowest BCUT2D eigenvalue weighted by atomic mass is 10.0. The number of hydrogen-bond donors (Lipinski definition) is 2. The van der Waals surface area contributed by atoms with Gasteiger partial charge < -0.3 is 24.8 Å². The largest absolute Gasteiger partial charge is 0.497 e. The van der Waals surface area contributed by atoms with Crippen LogP contribution in [-0.2, 0) is 4.79 Å². The molecule has 0 radical (unpaired) electrons. The van der Waals surface area contributed by atoms with E-state index in [0.29, 0.717) is 36.7 Å². The molecule has 2 aliphatic heterocycles. The fourth-order valence-corrected chi connectivity index (χ4v) is 4.63. The normalized spacial score (nSPS) is 16.9. The summed E-state index contributed by atoms with van der Waals surface area (Å²) in [5, 5.41) is 5.80. The Morgan fingerprint density at radius 2 is 1.61 bits per heavy atom. The Morgan fingerprint density at radius 3 is 2.36 bits per heavy atom. The van der Waals surface area contributed by atoms with Crippen molar-refractivity contribution in [3.8, 4) is 17.2 Å². The number of hydrogen-bond acceptors (Lipinski definition) is 6. The maximum Gasteiger partial charge on any atom is 0.255 e. The van der Waals surface area contributed by atoms with Crippen LogP contribution in [0.3, 0.4) is 0 Å². The summed E-state index contributed by atoms with van der Waals surface area (Å²) in [4.78, 5) is 27.5. The van der Waals surface area contributed by atoms with Gasteiger partial charge in [-0.25, -0.2) is 0 Å². The summed E-state index contributed by atoms with van der Waals surface area (Å²) >= 11 is 0. The molecule has 8 nitrogen and oxygen atoms in total. The highest BCUT2D eigenvalue weighted by molar-refractivity contribution is 6.04. The minimum absolute atomic E-state index is 0.0881. The number of likely N-dealkylation sites (tertiary alicyclic amines) is 1. The van der Waals surface area contributed by atoms with Gasteiger partial charge in [-0.1, -0.05) is 6.07 Å². The molecule has 1 unspecified atom stereocenters. The molecule has 3 aromatic carbocycles. The molecule has 2 N–H and O–H groups in total. The van der Waals surface area contributed by atoms with E-state index < -0.39 is 0 Å². The van der Waals surface area contributed by atoms with Crippen LogP contribution in [0.15, 0.2) is 66.7 Å². The van der Waals surface area contributed by atoms with Gasteiger partial charge in [-0.2, -0.15) is 0 Å². The number of amides is 2. The molecular formula is C28H29N3O5. The highest BCUT2D eigenvalue weighted by Gasteiger charge is 2.28. The number of carbonyl (C=O) groups is 2. The van der Waals surface area contributed by atoms with E-state index in [-0.39, 0.29) is 17.9 Å². The van der Waals surface area contributed by atoms with Crippen LogP contribution in [0.2, 0.25) is 0 Å². The van der Waals surface area contributed by atoms with E-state index in [1.807, 2.05) is 12.1 Å². The summed E-state index contributed by atoms with van der Waals surface area (Å²) < 4.78 is 16.5. The molecule has 0 spiro atoms. The number of carbonyl (C=O) groups excluding carboxylic acids is 2. The van der Waals surface area contributed by atoms with Crippen LogP contribution < -0.4 is 24.8 Å². The minimum atomic E-state index is -0.225. The predicted octanol–water partition coefficient (Wildman–Crippen LogP) is 4.49. The van der Waals surface area contributed by atoms with Crippen molar-refractivity contribution >= 4 is 23.2 Å². The molecule has 186 valence electrons. The maximum absolute atomic E-state index is 12.8. The number of fused-ring (bicyclic) bond motifs is 1. The van der Waals surface area contributed by atoms with Gasteiger partial charge in [0.1, 0.15) is 19.0 Å². The molecule has 2 amide bonds. The summed E-state index contributed by atoms with van der Waals surface area (Å²) in [6, 6.07) is 20.2. The molecular weight excluding hydrogens is 458 g/mol. The van der Waals surface area contributed by atoms with Crippen molar-refractivity contribution in [3.05, 3.63) is 77.9 Å². The van der Waals surface area contributed by atoms with E-state index in [1.165, 1.54) is 0 Å². The van der Waals surface area contributed by atoms with Crippen LogP contribution in [0.5, 0.6) is 17.2 Å². The Hall–Kier alpha value is -4.04. The van der Waals surface area contributed by atoms with E-state index in [2.05, 4.69) is 21.6 Å². The zero-order valence-corrected chi connectivity index (χ0v) is 20.2. The molecule has 1 atom stereocenters. The Bertz CT molecular complexity index is 1230. The SMILES string of the molecule is COc1ccc(NC(=O)c2ccc(NC(=O)CN3CCCC3c3ccc4c(c3)OCCO4)cc2)cc1. The van der Waals surface area contributed by atoms with Crippen molar-refractivity contribution in [2.75, 3.05) is 44.0 Å². The molecule has 3 aromatic rings. The fraction of sp³-hybridized carbons (Fsp3) is 0.286. The van der Waals surface area contributed by atoms with E-state index in [4.69, 9.17) is 14.2 Å². The second-order valence-corrected chi connectivity index (χ2v) is 8.84. The summed E-state index contributed by atoms with van der Waals surface area (Å²) in [5.41, 5.74) is 2.96. The van der Waals surface area contributed by atoms with Crippen molar-refractivity contribution in [2.24, 2.45) is 0 Å². The van der Waals surface area contributed by atoms with Gasteiger partial charge in [0.05, 0.1) is 13.7 Å². The third-order valence-electron chi connectivity index (χ3n) is 6.44. The third-order valence-corrected chi connectivity index (χ3v) is 6.44. The molecule has 5 rings (SSSR count). The molecule has 0 saturated carbocycles. The second-order valence-electron chi connectivity index (χ2n) is 8.84. The number of anilines is 2. The molecule has 1 fully saturated rings. The van der Waals surface area contributed by atoms with Crippen LogP contribution in [0.25, 0.3) is 0 Å². The Morgan fingerprint density at radius 1 is 0.917 bits per heavy atom. The van der Waals surface area contributed by atoms with Gasteiger partial charge in [-0.15, -0.1) is 0 Å². The molecule has 8 heteroatoms. The molecule has 36 heavy (non-hydrogen) atoms. The van der Waals surface area contributed by atoms with Gasteiger partial charge in [0.15, 0.2) is 11.5 Å². The minimum Gasteiger partial charge on any atom is -0.497 e. The number of benzene rings is 3. The number of ether oxygens (including phenoxy) is 3. The number of nitrogens with zero attached hydrogens (tertiary/aromatic N) is 1. The van der Waals surface area contributed by atoms with Crippen LogP contribution in [0.1, 0.15) is 34.8 Å². The van der Waals surface area contributed by atoms with Crippen molar-refractivity contribution < 1.29 is 23.8 Å². The van der Waals surface area contributed by atoms with Gasteiger partial charge in [-0.3, -0.25) is 14.5 Å². The van der Waals surface area contributed by atoms with Gasteiger partial charge in [-0.05, 0) is 85.6 Å². The van der Waals surface area contributed by atoms with Crippen molar-refractivity contribution in [2.45, 2.75) is 18.9 Å². The van der Waals surface area contributed by atoms with Crippen molar-refractivity contribution in [1.29, 1.82) is 0 Å². The quantitative estimate of drug-likeness (QED) is 0.510. The summed E-state index contributed by atoms with van der Waals surface area (Å²) in [7, 11) is 1.59. The highest BCUT2D eigenvalue weighted by Crippen LogP contribution is 2.38. The predicted molar refractivity (Wildman–Crippen MR) is 137 cm³/mol. The van der Waals surface area contributed by atoms with E-state index >= 15 is 0 Å². The van der Waals surface area contributed by atoms with Crippen LogP contribution in [0, 0.1) is 0 Å². The van der Waals surface area contributed by atoms with Gasteiger partial charge >= 0.3 is 0 Å². The van der Waals surface area contributed by atoms with Gasteiger partial charge in [0.25, 0.3) is 5.91 Å². The molecule has 0 aliphatic carbocycles. The number of rotatable bonds is 7. The maximum atomic E-state index is 12.8. The first-order valence-electron chi connectivity index (χ1n) is 12.1. The second kappa shape index (κ2) is 10.7. The standard InChI is InChI=1S/C28H29N3O5/c1-34-23-11-9-22(10-12-23)30-28(33)19-4-7-21(8-5-19)29-27(32)18-31-14-2-3-24(31)20-6-13-25-26(17-20)36-16-15-35-25/h4-13,17,24H,2-3,14-16,18H2,1H3,(H,29,32)(H,30,33). The average molecular weight is 488 g/mol. The number of methoxy groups -OCH3 is 1. The van der Waals surface area contributed by atoms with E-state index in [1.54, 1.807) is 55.6 Å². The monoisotopic (exact) mass is 487 g/mol. The van der Waals surface area contributed by atoms with E-state index in [0.717, 1.165) is 42.2 Å². The van der Waals surface area contributed by atoms with Gasteiger partial charge in [0.2, 0.25) is 5.91 Å². The molecule has 0 aromatic heterocycles. The Kier molecular flexibility index (Phi) is 7.04. The summed E-state index contributed by atoms with van der Waals surface area (Å²) in [6.45, 7) is 2.27. The lowest BCUT2D eigenvalue weighted by Crippen LogP contribution is -2.33. The van der Waals surface area contributed by atoms with Crippen LogP contribution in [0.4, 0.5) is 11.4 Å². The lowest BCUT2D eigenvalue weighted by molar-refractivity contribution is -0.117. The zero-order valence-electron chi connectivity index (χ0n) is 20.2. The smallest absolute Gasteiger partial charge is 0.255 e. The van der Waals surface area contributed by atoms with Crippen molar-refractivity contribution in [3.63, 3.8) is 0 Å². The summed E-state index contributed by atoms with van der Waals surface area (Å²) in [5.74, 6) is 1.95. The first-order chi connectivity index (χ1) is 17.6. The highest BCUT2D eigenvalue weighted by atomic mass is 16.6. The first-order valence-corrected chi connectivity index (χ1v) is 12.1. The van der Waals surface area contributed by atoms with Gasteiger partial charge in [0, 0.05) is 23.0 Å². The van der Waals surface area contributed by atoms with Crippen LogP contribution in [-0.4, -0.2) is 50.1 Å². The van der Waals surface area contributed by atoms with Crippen LogP contribution >= 0.6 is 0 Å². The summed E-state index contributed by atoms with van der Waals surface area (Å²) in [6.07, 6.45) is 2.02. The topological polar surface area (TPSA) is 89.1 Å². The molecule has 1 saturated heterocycles. The Labute approximate surface area is 210 Å². The molecule has 2 heterocycles. The first kappa shape index (κ1) is 23.7. The van der Waals surface area contributed by atoms with Crippen molar-refractivity contribution in [1.82, 2.24) is 4.90 Å². The lowest BCUT2D eigenvalue weighted by Gasteiger charge is -2.26. The zero-order chi connectivity index (χ0) is 24.9. The Balaban J connectivity index is 1.16. The molecule has 0 bridgehead atoms.